The fourth-order valence-electron chi connectivity index (χ4n) is 1.94. The Bertz CT molecular complexity index is 896. The molecular weight excluding hydrogens is 378 g/mol. The van der Waals surface area contributed by atoms with Gasteiger partial charge in [0.2, 0.25) is 0 Å². The van der Waals surface area contributed by atoms with Gasteiger partial charge in [0.1, 0.15) is 0 Å². The van der Waals surface area contributed by atoms with Gasteiger partial charge in [-0.3, -0.25) is 4.72 Å². The van der Waals surface area contributed by atoms with Crippen LogP contribution < -0.4 is 4.72 Å². The summed E-state index contributed by atoms with van der Waals surface area (Å²) in [4.78, 5) is 8.56. The summed E-state index contributed by atoms with van der Waals surface area (Å²) in [6.45, 7) is 0. The number of rotatable bonds is 4. The summed E-state index contributed by atoms with van der Waals surface area (Å²) in [6, 6.07) is 15.8. The van der Waals surface area contributed by atoms with E-state index in [1.54, 1.807) is 12.1 Å². The Hall–Kier alpha value is -2.25. The molecule has 1 aromatic heterocycles. The predicted molar refractivity (Wildman–Crippen MR) is 92.4 cm³/mol. The summed E-state index contributed by atoms with van der Waals surface area (Å²) < 4.78 is 27.8. The summed E-state index contributed by atoms with van der Waals surface area (Å²) >= 11 is 3.27. The van der Waals surface area contributed by atoms with Gasteiger partial charge in [-0.15, -0.1) is 0 Å². The number of hydrogen-bond donors (Lipinski definition) is 1. The van der Waals surface area contributed by atoms with Crippen LogP contribution in [-0.2, 0) is 10.0 Å². The second-order valence-electron chi connectivity index (χ2n) is 4.72. The summed E-state index contributed by atoms with van der Waals surface area (Å²) in [5.74, 6) is 0.539. The number of aromatic nitrogens is 2. The Balaban J connectivity index is 1.82. The predicted octanol–water partition coefficient (Wildman–Crippen LogP) is 3.71. The SMILES string of the molecule is O=S(=O)(Nc1cnc(-c2ccccc2)nc1)c1ccc(Br)cc1. The van der Waals surface area contributed by atoms with E-state index in [2.05, 4.69) is 30.6 Å². The van der Waals surface area contributed by atoms with E-state index in [0.717, 1.165) is 10.0 Å². The molecule has 0 bridgehead atoms. The van der Waals surface area contributed by atoms with Gasteiger partial charge in [0.15, 0.2) is 5.82 Å². The third kappa shape index (κ3) is 3.75. The lowest BCUT2D eigenvalue weighted by atomic mass is 10.2. The third-order valence-corrected chi connectivity index (χ3v) is 4.99. The summed E-state index contributed by atoms with van der Waals surface area (Å²) in [7, 11) is -3.66. The van der Waals surface area contributed by atoms with Crippen molar-refractivity contribution in [3.05, 3.63) is 71.5 Å². The number of halogens is 1. The minimum atomic E-state index is -3.66. The molecule has 1 heterocycles. The molecule has 0 spiro atoms. The molecule has 7 heteroatoms. The first-order valence-electron chi connectivity index (χ1n) is 6.70. The van der Waals surface area contributed by atoms with Gasteiger partial charge in [-0.05, 0) is 24.3 Å². The number of benzene rings is 2. The number of hydrogen-bond acceptors (Lipinski definition) is 4. The fraction of sp³-hybridized carbons (Fsp3) is 0. The molecule has 0 unspecified atom stereocenters. The van der Waals surface area contributed by atoms with E-state index in [4.69, 9.17) is 0 Å². The lowest BCUT2D eigenvalue weighted by Gasteiger charge is -2.08. The summed E-state index contributed by atoms with van der Waals surface area (Å²) in [6.07, 6.45) is 2.90. The van der Waals surface area contributed by atoms with E-state index in [-0.39, 0.29) is 4.90 Å². The van der Waals surface area contributed by atoms with Gasteiger partial charge in [-0.2, -0.15) is 0 Å². The highest BCUT2D eigenvalue weighted by molar-refractivity contribution is 9.10. The molecule has 23 heavy (non-hydrogen) atoms. The molecule has 0 radical (unpaired) electrons. The van der Waals surface area contributed by atoms with Crippen LogP contribution in [0.5, 0.6) is 0 Å². The van der Waals surface area contributed by atoms with Crippen LogP contribution in [0, 0.1) is 0 Å². The van der Waals surface area contributed by atoms with Gasteiger partial charge in [-0.25, -0.2) is 18.4 Å². The van der Waals surface area contributed by atoms with Crippen molar-refractivity contribution < 1.29 is 8.42 Å². The zero-order chi connectivity index (χ0) is 16.3. The number of sulfonamides is 1. The first-order chi connectivity index (χ1) is 11.0. The average Bonchev–Trinajstić information content (AvgIpc) is 2.56. The maximum Gasteiger partial charge on any atom is 0.261 e. The van der Waals surface area contributed by atoms with Crippen LogP contribution in [0.25, 0.3) is 11.4 Å². The normalized spacial score (nSPS) is 11.2. The molecule has 0 aliphatic carbocycles. The van der Waals surface area contributed by atoms with Crippen molar-refractivity contribution >= 4 is 31.6 Å². The Kier molecular flexibility index (Phi) is 4.40. The Morgan fingerprint density at radius 2 is 1.48 bits per heavy atom. The highest BCUT2D eigenvalue weighted by Gasteiger charge is 2.14. The van der Waals surface area contributed by atoms with Crippen LogP contribution in [0.1, 0.15) is 0 Å². The van der Waals surface area contributed by atoms with Gasteiger partial charge >= 0.3 is 0 Å². The zero-order valence-corrected chi connectivity index (χ0v) is 14.3. The largest absolute Gasteiger partial charge is 0.276 e. The van der Waals surface area contributed by atoms with Gasteiger partial charge < -0.3 is 0 Å². The Morgan fingerprint density at radius 3 is 2.09 bits per heavy atom. The molecule has 0 atom stereocenters. The molecule has 0 aliphatic heterocycles. The second-order valence-corrected chi connectivity index (χ2v) is 7.32. The van der Waals surface area contributed by atoms with Crippen LogP contribution in [0.3, 0.4) is 0 Å². The van der Waals surface area contributed by atoms with Crippen molar-refractivity contribution in [1.82, 2.24) is 9.97 Å². The summed E-state index contributed by atoms with van der Waals surface area (Å²) in [5.41, 5.74) is 1.18. The third-order valence-electron chi connectivity index (χ3n) is 3.06. The van der Waals surface area contributed by atoms with Crippen molar-refractivity contribution in [2.75, 3.05) is 4.72 Å². The zero-order valence-electron chi connectivity index (χ0n) is 11.8. The van der Waals surface area contributed by atoms with E-state index < -0.39 is 10.0 Å². The minimum absolute atomic E-state index is 0.174. The van der Waals surface area contributed by atoms with Crippen molar-refractivity contribution in [1.29, 1.82) is 0 Å². The highest BCUT2D eigenvalue weighted by Crippen LogP contribution is 2.19. The average molecular weight is 390 g/mol. The van der Waals surface area contributed by atoms with Crippen molar-refractivity contribution in [2.45, 2.75) is 4.90 Å². The van der Waals surface area contributed by atoms with Crippen molar-refractivity contribution in [3.8, 4) is 11.4 Å². The van der Waals surface area contributed by atoms with E-state index >= 15 is 0 Å². The molecule has 5 nitrogen and oxygen atoms in total. The molecule has 0 amide bonds. The standard InChI is InChI=1S/C16H12BrN3O2S/c17-13-6-8-15(9-7-13)23(21,22)20-14-10-18-16(19-11-14)12-4-2-1-3-5-12/h1-11,20H. The molecule has 0 saturated heterocycles. The fourth-order valence-corrected chi connectivity index (χ4v) is 3.24. The Morgan fingerprint density at radius 1 is 0.870 bits per heavy atom. The number of nitrogens with one attached hydrogen (secondary N) is 1. The van der Waals surface area contributed by atoms with Crippen LogP contribution in [0.4, 0.5) is 5.69 Å². The molecule has 0 saturated carbocycles. The maximum atomic E-state index is 12.3. The Labute approximate surface area is 142 Å². The minimum Gasteiger partial charge on any atom is -0.276 e. The molecule has 0 aliphatic rings. The van der Waals surface area contributed by atoms with E-state index in [0.29, 0.717) is 11.5 Å². The maximum absolute atomic E-state index is 12.3. The van der Waals surface area contributed by atoms with E-state index in [9.17, 15) is 8.42 Å². The molecule has 116 valence electrons. The number of nitrogens with zero attached hydrogens (tertiary/aromatic N) is 2. The molecule has 0 fully saturated rings. The second kappa shape index (κ2) is 6.47. The van der Waals surface area contributed by atoms with Crippen molar-refractivity contribution in [3.63, 3.8) is 0 Å². The van der Waals surface area contributed by atoms with Gasteiger partial charge in [-0.1, -0.05) is 46.3 Å². The lowest BCUT2D eigenvalue weighted by Crippen LogP contribution is -2.13. The molecule has 3 aromatic rings. The van der Waals surface area contributed by atoms with Gasteiger partial charge in [0.25, 0.3) is 10.0 Å². The topological polar surface area (TPSA) is 72.0 Å². The van der Waals surface area contributed by atoms with Crippen LogP contribution in [-0.4, -0.2) is 18.4 Å². The monoisotopic (exact) mass is 389 g/mol. The molecule has 1 N–H and O–H groups in total. The van der Waals surface area contributed by atoms with Crippen LogP contribution >= 0.6 is 15.9 Å². The van der Waals surface area contributed by atoms with Crippen LogP contribution in [0.15, 0.2) is 76.4 Å². The molecular formula is C16H12BrN3O2S. The first-order valence-corrected chi connectivity index (χ1v) is 8.98. The highest BCUT2D eigenvalue weighted by atomic mass is 79.9. The molecule has 2 aromatic carbocycles. The van der Waals surface area contributed by atoms with Crippen LogP contribution in [0.2, 0.25) is 0 Å². The molecule has 3 rings (SSSR count). The number of anilines is 1. The smallest absolute Gasteiger partial charge is 0.261 e. The quantitative estimate of drug-likeness (QED) is 0.737. The van der Waals surface area contributed by atoms with E-state index in [1.165, 1.54) is 24.5 Å². The summed E-state index contributed by atoms with van der Waals surface area (Å²) in [5, 5.41) is 0. The van der Waals surface area contributed by atoms with Gasteiger partial charge in [0.05, 0.1) is 23.0 Å². The van der Waals surface area contributed by atoms with Crippen molar-refractivity contribution in [2.24, 2.45) is 0 Å². The lowest BCUT2D eigenvalue weighted by molar-refractivity contribution is 0.601. The first kappa shape index (κ1) is 15.6. The van der Waals surface area contributed by atoms with E-state index in [1.807, 2.05) is 30.3 Å². The van der Waals surface area contributed by atoms with Gasteiger partial charge in [0, 0.05) is 10.0 Å².